The van der Waals surface area contributed by atoms with E-state index in [1.165, 1.54) is 36.0 Å². The van der Waals surface area contributed by atoms with E-state index in [0.29, 0.717) is 16.5 Å². The molecule has 6 nitrogen and oxygen atoms in total. The van der Waals surface area contributed by atoms with E-state index in [-0.39, 0.29) is 17.5 Å². The first-order valence-corrected chi connectivity index (χ1v) is 11.2. The number of hydrogen-bond acceptors (Lipinski definition) is 5. The lowest BCUT2D eigenvalue weighted by atomic mass is 10.0. The highest BCUT2D eigenvalue weighted by Gasteiger charge is 2.12. The smallest absolute Gasteiger partial charge is 0.234 e. The molecule has 0 aliphatic carbocycles. The Morgan fingerprint density at radius 2 is 1.52 bits per heavy atom. The zero-order valence-electron chi connectivity index (χ0n) is 17.4. The molecule has 2 heterocycles. The predicted molar refractivity (Wildman–Crippen MR) is 127 cm³/mol. The van der Waals surface area contributed by atoms with Gasteiger partial charge in [0.15, 0.2) is 5.65 Å². The van der Waals surface area contributed by atoms with Crippen molar-refractivity contribution in [2.45, 2.75) is 5.16 Å². The number of fused-ring (bicyclic) bond motifs is 1. The summed E-state index contributed by atoms with van der Waals surface area (Å²) in [5, 5.41) is 16.2. The van der Waals surface area contributed by atoms with Gasteiger partial charge in [-0.3, -0.25) is 4.79 Å². The second kappa shape index (κ2) is 9.22. The summed E-state index contributed by atoms with van der Waals surface area (Å²) in [5.41, 5.74) is 5.17. The maximum absolute atomic E-state index is 13.0. The topological polar surface area (TPSA) is 72.2 Å². The summed E-state index contributed by atoms with van der Waals surface area (Å²) < 4.78 is 14.7. The Labute approximate surface area is 193 Å². The fourth-order valence-corrected chi connectivity index (χ4v) is 4.03. The maximum Gasteiger partial charge on any atom is 0.234 e. The minimum atomic E-state index is -0.353. The molecule has 5 aromatic rings. The second-order valence-electron chi connectivity index (χ2n) is 7.26. The van der Waals surface area contributed by atoms with E-state index in [2.05, 4.69) is 44.9 Å². The standard InChI is InChI=1S/C25H18FN5OS/c26-20-10-12-21(13-11-20)27-24(32)16-33-25-29-28-23-15-14-22(30-31(23)25)19-8-6-18(7-9-19)17-4-2-1-3-5-17/h1-15H,16H2,(H,27,32). The van der Waals surface area contributed by atoms with Crippen LogP contribution in [0.25, 0.3) is 28.0 Å². The Bertz CT molecular complexity index is 1400. The van der Waals surface area contributed by atoms with Gasteiger partial charge in [-0.1, -0.05) is 66.4 Å². The number of aromatic nitrogens is 4. The van der Waals surface area contributed by atoms with Gasteiger partial charge in [0, 0.05) is 11.3 Å². The number of halogens is 1. The largest absolute Gasteiger partial charge is 0.325 e. The summed E-state index contributed by atoms with van der Waals surface area (Å²) in [6, 6.07) is 27.8. The van der Waals surface area contributed by atoms with Crippen LogP contribution in [0.3, 0.4) is 0 Å². The van der Waals surface area contributed by atoms with Crippen molar-refractivity contribution in [3.05, 3.63) is 96.8 Å². The zero-order chi connectivity index (χ0) is 22.6. The quantitative estimate of drug-likeness (QED) is 0.351. The second-order valence-corrected chi connectivity index (χ2v) is 8.20. The van der Waals surface area contributed by atoms with Gasteiger partial charge < -0.3 is 5.32 Å². The molecular formula is C25H18FN5OS. The van der Waals surface area contributed by atoms with Gasteiger partial charge in [-0.25, -0.2) is 4.39 Å². The van der Waals surface area contributed by atoms with Gasteiger partial charge in [0.2, 0.25) is 11.1 Å². The van der Waals surface area contributed by atoms with E-state index in [0.717, 1.165) is 22.4 Å². The minimum Gasteiger partial charge on any atom is -0.325 e. The third-order valence-electron chi connectivity index (χ3n) is 4.98. The van der Waals surface area contributed by atoms with Gasteiger partial charge in [-0.05, 0) is 47.5 Å². The molecule has 0 bridgehead atoms. The number of rotatable bonds is 6. The summed E-state index contributed by atoms with van der Waals surface area (Å²) in [6.45, 7) is 0. The van der Waals surface area contributed by atoms with E-state index in [1.807, 2.05) is 42.5 Å². The van der Waals surface area contributed by atoms with Crippen LogP contribution < -0.4 is 5.32 Å². The van der Waals surface area contributed by atoms with Crippen molar-refractivity contribution < 1.29 is 9.18 Å². The van der Waals surface area contributed by atoms with Crippen LogP contribution in [0.15, 0.2) is 96.2 Å². The Morgan fingerprint density at radius 1 is 0.818 bits per heavy atom. The van der Waals surface area contributed by atoms with Gasteiger partial charge in [-0.2, -0.15) is 9.61 Å². The fraction of sp³-hybridized carbons (Fsp3) is 0.0400. The lowest BCUT2D eigenvalue weighted by Crippen LogP contribution is -2.14. The van der Waals surface area contributed by atoms with E-state index >= 15 is 0 Å². The van der Waals surface area contributed by atoms with Crippen LogP contribution in [-0.4, -0.2) is 31.5 Å². The predicted octanol–water partition coefficient (Wildman–Crippen LogP) is 5.33. The Morgan fingerprint density at radius 3 is 2.27 bits per heavy atom. The van der Waals surface area contributed by atoms with Crippen molar-refractivity contribution in [2.75, 3.05) is 11.1 Å². The molecule has 0 unspecified atom stereocenters. The highest BCUT2D eigenvalue weighted by atomic mass is 32.2. The first-order valence-electron chi connectivity index (χ1n) is 10.2. The van der Waals surface area contributed by atoms with Crippen LogP contribution in [0, 0.1) is 5.82 Å². The van der Waals surface area contributed by atoms with Crippen molar-refractivity contribution in [3.8, 4) is 22.4 Å². The molecule has 5 rings (SSSR count). The molecule has 0 saturated heterocycles. The van der Waals surface area contributed by atoms with E-state index in [4.69, 9.17) is 0 Å². The molecule has 1 amide bonds. The van der Waals surface area contributed by atoms with Crippen molar-refractivity contribution in [1.29, 1.82) is 0 Å². The first-order chi connectivity index (χ1) is 16.2. The molecule has 0 atom stereocenters. The number of hydrogen-bond donors (Lipinski definition) is 1. The molecule has 1 N–H and O–H groups in total. The van der Waals surface area contributed by atoms with Gasteiger partial charge >= 0.3 is 0 Å². The highest BCUT2D eigenvalue weighted by molar-refractivity contribution is 7.99. The Balaban J connectivity index is 1.31. The summed E-state index contributed by atoms with van der Waals surface area (Å²) in [6.07, 6.45) is 0. The summed E-state index contributed by atoms with van der Waals surface area (Å²) in [5.74, 6) is -0.458. The molecule has 0 aliphatic rings. The van der Waals surface area contributed by atoms with Crippen LogP contribution in [0.4, 0.5) is 10.1 Å². The van der Waals surface area contributed by atoms with Crippen molar-refractivity contribution in [1.82, 2.24) is 19.8 Å². The van der Waals surface area contributed by atoms with Gasteiger partial charge in [0.05, 0.1) is 11.4 Å². The van der Waals surface area contributed by atoms with E-state index in [9.17, 15) is 9.18 Å². The maximum atomic E-state index is 13.0. The SMILES string of the molecule is O=C(CSc1nnc2ccc(-c3ccc(-c4ccccc4)cc3)nn12)Nc1ccc(F)cc1. The van der Waals surface area contributed by atoms with Gasteiger partial charge in [0.25, 0.3) is 0 Å². The highest BCUT2D eigenvalue weighted by Crippen LogP contribution is 2.25. The number of nitrogens with one attached hydrogen (secondary N) is 1. The molecule has 0 fully saturated rings. The van der Waals surface area contributed by atoms with Gasteiger partial charge in [-0.15, -0.1) is 10.2 Å². The molecular weight excluding hydrogens is 437 g/mol. The fourth-order valence-electron chi connectivity index (χ4n) is 3.34. The number of nitrogens with zero attached hydrogens (tertiary/aromatic N) is 4. The average Bonchev–Trinajstić information content (AvgIpc) is 3.27. The summed E-state index contributed by atoms with van der Waals surface area (Å²) >= 11 is 1.23. The van der Waals surface area contributed by atoms with E-state index in [1.54, 1.807) is 4.52 Å². The molecule has 8 heteroatoms. The average molecular weight is 456 g/mol. The molecule has 0 saturated carbocycles. The zero-order valence-corrected chi connectivity index (χ0v) is 18.2. The number of thioether (sulfide) groups is 1. The lowest BCUT2D eigenvalue weighted by molar-refractivity contribution is -0.113. The number of anilines is 1. The number of carbonyl (C=O) groups excluding carboxylic acids is 1. The monoisotopic (exact) mass is 455 g/mol. The Kier molecular flexibility index (Phi) is 5.82. The molecule has 33 heavy (non-hydrogen) atoms. The van der Waals surface area contributed by atoms with Crippen LogP contribution in [-0.2, 0) is 4.79 Å². The summed E-state index contributed by atoms with van der Waals surface area (Å²) in [4.78, 5) is 12.3. The first kappa shape index (κ1) is 20.8. The third kappa shape index (κ3) is 4.75. The van der Waals surface area contributed by atoms with Gasteiger partial charge in [0.1, 0.15) is 5.82 Å². The molecule has 162 valence electrons. The molecule has 3 aromatic carbocycles. The summed E-state index contributed by atoms with van der Waals surface area (Å²) in [7, 11) is 0. The van der Waals surface area contributed by atoms with E-state index < -0.39 is 0 Å². The molecule has 0 aliphatic heterocycles. The van der Waals surface area contributed by atoms with Crippen LogP contribution in [0.2, 0.25) is 0 Å². The molecule has 2 aromatic heterocycles. The van der Waals surface area contributed by atoms with Crippen LogP contribution >= 0.6 is 11.8 Å². The number of amides is 1. The number of carbonyl (C=O) groups is 1. The van der Waals surface area contributed by atoms with Crippen molar-refractivity contribution in [3.63, 3.8) is 0 Å². The van der Waals surface area contributed by atoms with Crippen molar-refractivity contribution in [2.24, 2.45) is 0 Å². The Hall–Kier alpha value is -4.04. The van der Waals surface area contributed by atoms with Crippen LogP contribution in [0.1, 0.15) is 0 Å². The minimum absolute atomic E-state index is 0.121. The molecule has 0 spiro atoms. The lowest BCUT2D eigenvalue weighted by Gasteiger charge is -2.06. The third-order valence-corrected chi connectivity index (χ3v) is 5.90. The van der Waals surface area contributed by atoms with Crippen molar-refractivity contribution >= 4 is 29.0 Å². The normalized spacial score (nSPS) is 10.9. The number of benzene rings is 3. The molecule has 0 radical (unpaired) electrons. The van der Waals surface area contributed by atoms with Crippen LogP contribution in [0.5, 0.6) is 0 Å².